The number of rotatable bonds is 9. The Bertz CT molecular complexity index is 760. The van der Waals surface area contributed by atoms with E-state index >= 15 is 0 Å². The van der Waals surface area contributed by atoms with Crippen LogP contribution in [0.3, 0.4) is 0 Å². The highest BCUT2D eigenvalue weighted by molar-refractivity contribution is 8.14. The van der Waals surface area contributed by atoms with Crippen molar-refractivity contribution < 1.29 is 28.7 Å². The first kappa shape index (κ1) is 21.8. The third-order valence-electron chi connectivity index (χ3n) is 3.58. The third-order valence-corrected chi connectivity index (χ3v) is 5.04. The maximum Gasteiger partial charge on any atom is 0.344 e. The van der Waals surface area contributed by atoms with Crippen molar-refractivity contribution in [2.75, 3.05) is 13.2 Å². The Balaban J connectivity index is 1.98. The van der Waals surface area contributed by atoms with Crippen molar-refractivity contribution >= 4 is 46.3 Å². The average Bonchev–Trinajstić information content (AvgIpc) is 2.68. The molecule has 1 aliphatic heterocycles. The molecule has 0 spiro atoms. The zero-order chi connectivity index (χ0) is 20.7. The quantitative estimate of drug-likeness (QED) is 0.209. The molecule has 150 valence electrons. The Morgan fingerprint density at radius 2 is 2.04 bits per heavy atom. The van der Waals surface area contributed by atoms with Crippen LogP contribution in [0.25, 0.3) is 0 Å². The Morgan fingerprint density at radius 3 is 2.64 bits per heavy atom. The third kappa shape index (κ3) is 5.49. The van der Waals surface area contributed by atoms with E-state index in [1.165, 1.54) is 13.0 Å². The van der Waals surface area contributed by atoms with Crippen molar-refractivity contribution in [1.29, 1.82) is 0 Å². The van der Waals surface area contributed by atoms with Crippen molar-refractivity contribution in [3.05, 3.63) is 43.0 Å². The van der Waals surface area contributed by atoms with Crippen LogP contribution < -0.4 is 10.1 Å². The molecular formula is C18H19ClN2O6S. The van der Waals surface area contributed by atoms with E-state index in [0.29, 0.717) is 5.75 Å². The maximum absolute atomic E-state index is 12.4. The predicted molar refractivity (Wildman–Crippen MR) is 104 cm³/mol. The van der Waals surface area contributed by atoms with Gasteiger partial charge in [0.15, 0.2) is 11.7 Å². The van der Waals surface area contributed by atoms with Gasteiger partial charge in [0.05, 0.1) is 0 Å². The lowest BCUT2D eigenvalue weighted by molar-refractivity contribution is -0.160. The first-order valence-electron chi connectivity index (χ1n) is 8.23. The monoisotopic (exact) mass is 426 g/mol. The van der Waals surface area contributed by atoms with Gasteiger partial charge in [-0.05, 0) is 12.1 Å². The van der Waals surface area contributed by atoms with E-state index in [1.54, 1.807) is 30.3 Å². The van der Waals surface area contributed by atoms with Crippen LogP contribution in [-0.4, -0.2) is 57.9 Å². The van der Waals surface area contributed by atoms with Crippen LogP contribution in [0.1, 0.15) is 6.92 Å². The number of alkyl halides is 1. The highest BCUT2D eigenvalue weighted by atomic mass is 35.5. The molecule has 0 aromatic heterocycles. The molecule has 10 heteroatoms. The van der Waals surface area contributed by atoms with Crippen molar-refractivity contribution in [2.24, 2.45) is 0 Å². The van der Waals surface area contributed by atoms with Crippen LogP contribution in [0.4, 0.5) is 0 Å². The van der Waals surface area contributed by atoms with Gasteiger partial charge in [-0.15, -0.1) is 0 Å². The summed E-state index contributed by atoms with van der Waals surface area (Å²) in [6, 6.07) is 7.68. The van der Waals surface area contributed by atoms with E-state index in [4.69, 9.17) is 21.1 Å². The largest absolute Gasteiger partial charge is 0.484 e. The van der Waals surface area contributed by atoms with Crippen molar-refractivity contribution in [3.8, 4) is 5.75 Å². The van der Waals surface area contributed by atoms with E-state index in [-0.39, 0.29) is 18.3 Å². The van der Waals surface area contributed by atoms with Crippen LogP contribution in [0, 0.1) is 0 Å². The lowest BCUT2D eigenvalue weighted by atomic mass is 10.1. The van der Waals surface area contributed by atoms with Crippen LogP contribution in [0.2, 0.25) is 0 Å². The van der Waals surface area contributed by atoms with Crippen LogP contribution in [-0.2, 0) is 23.9 Å². The first-order valence-corrected chi connectivity index (χ1v) is 9.55. The van der Waals surface area contributed by atoms with Gasteiger partial charge in [0, 0.05) is 6.92 Å². The Hall–Kier alpha value is -2.52. The number of likely N-dealkylation sites (tertiary alicyclic amines) is 1. The second-order valence-corrected chi connectivity index (χ2v) is 7.35. The number of benzene rings is 1. The fourth-order valence-corrected chi connectivity index (χ4v) is 3.71. The Kier molecular flexibility index (Phi) is 7.89. The van der Waals surface area contributed by atoms with E-state index in [1.807, 2.05) is 0 Å². The van der Waals surface area contributed by atoms with E-state index in [2.05, 4.69) is 11.9 Å². The molecule has 0 radical (unpaired) electrons. The van der Waals surface area contributed by atoms with Gasteiger partial charge >= 0.3 is 5.97 Å². The summed E-state index contributed by atoms with van der Waals surface area (Å²) >= 11 is 6.80. The minimum absolute atomic E-state index is 0.0639. The van der Waals surface area contributed by atoms with Crippen molar-refractivity contribution in [1.82, 2.24) is 10.2 Å². The van der Waals surface area contributed by atoms with Gasteiger partial charge < -0.3 is 14.8 Å². The van der Waals surface area contributed by atoms with Gasteiger partial charge in [0.1, 0.15) is 23.8 Å². The second kappa shape index (κ2) is 10.1. The van der Waals surface area contributed by atoms with Gasteiger partial charge in [-0.3, -0.25) is 19.3 Å². The highest BCUT2D eigenvalue weighted by Gasteiger charge is 2.53. The molecule has 1 heterocycles. The summed E-state index contributed by atoms with van der Waals surface area (Å²) in [5.41, 5.74) is -1.42. The zero-order valence-corrected chi connectivity index (χ0v) is 16.6. The van der Waals surface area contributed by atoms with Gasteiger partial charge in [-0.25, -0.2) is 4.79 Å². The summed E-state index contributed by atoms with van der Waals surface area (Å²) in [4.78, 5) is 49.0. The molecule has 2 amide bonds. The number of hydrogen-bond acceptors (Lipinski definition) is 7. The molecule has 1 unspecified atom stereocenters. The van der Waals surface area contributed by atoms with Crippen molar-refractivity contribution in [2.45, 2.75) is 23.8 Å². The Morgan fingerprint density at radius 1 is 1.36 bits per heavy atom. The fraction of sp³-hybridized carbons (Fsp3) is 0.333. The topological polar surface area (TPSA) is 102 Å². The number of amides is 2. The minimum atomic E-state index is -1.42. The lowest BCUT2D eigenvalue weighted by Crippen LogP contribution is -2.72. The molecule has 1 fully saturated rings. The smallest absolute Gasteiger partial charge is 0.344 e. The van der Waals surface area contributed by atoms with Gasteiger partial charge in [0.25, 0.3) is 11.8 Å². The molecule has 28 heavy (non-hydrogen) atoms. The second-order valence-electron chi connectivity index (χ2n) is 5.65. The molecule has 3 atom stereocenters. The number of carbonyl (C=O) groups excluding carboxylic acids is 4. The van der Waals surface area contributed by atoms with Crippen LogP contribution in [0.5, 0.6) is 5.75 Å². The van der Waals surface area contributed by atoms with Crippen LogP contribution in [0.15, 0.2) is 43.0 Å². The SMILES string of the molecule is C=CCOC(=O)C(Cl)N1C(=O)[C@@H](NC(=O)COc2ccccc2)[C@H]1SC(C)=O. The standard InChI is InChI=1S/C18H19ClN2O6S/c1-3-9-26-18(25)15(19)21-16(24)14(17(21)28-11(2)22)20-13(23)10-27-12-7-5-4-6-8-12/h3-8,14-15,17H,1,9-10H2,2H3,(H,20,23)/t14-,15?,17-/m1/s1. The summed E-state index contributed by atoms with van der Waals surface area (Å²) < 4.78 is 10.2. The number of nitrogens with one attached hydrogen (secondary N) is 1. The number of para-hydroxylation sites is 1. The fourth-order valence-electron chi connectivity index (χ4n) is 2.36. The number of thioether (sulfide) groups is 1. The summed E-state index contributed by atoms with van der Waals surface area (Å²) in [6.07, 6.45) is 1.36. The summed E-state index contributed by atoms with van der Waals surface area (Å²) in [6.45, 7) is 4.35. The van der Waals surface area contributed by atoms with Crippen molar-refractivity contribution in [3.63, 3.8) is 0 Å². The molecule has 0 saturated carbocycles. The van der Waals surface area contributed by atoms with Gasteiger partial charge in [-0.2, -0.15) is 0 Å². The predicted octanol–water partition coefficient (Wildman–Crippen LogP) is 1.29. The lowest BCUT2D eigenvalue weighted by Gasteiger charge is -2.47. The Labute approximate surface area is 171 Å². The maximum atomic E-state index is 12.4. The zero-order valence-electron chi connectivity index (χ0n) is 15.0. The average molecular weight is 427 g/mol. The van der Waals surface area contributed by atoms with Gasteiger partial charge in [-0.1, -0.05) is 54.2 Å². The number of carbonyl (C=O) groups is 4. The molecule has 0 aliphatic carbocycles. The first-order chi connectivity index (χ1) is 13.3. The molecule has 1 saturated heterocycles. The van der Waals surface area contributed by atoms with E-state index in [9.17, 15) is 19.2 Å². The molecule has 2 rings (SSSR count). The molecular weight excluding hydrogens is 408 g/mol. The summed E-state index contributed by atoms with van der Waals surface area (Å²) in [5, 5.41) is 1.37. The number of halogens is 1. The molecule has 8 nitrogen and oxygen atoms in total. The molecule has 1 aliphatic rings. The highest BCUT2D eigenvalue weighted by Crippen LogP contribution is 2.34. The summed E-state index contributed by atoms with van der Waals surface area (Å²) in [7, 11) is 0. The number of esters is 1. The molecule has 1 N–H and O–H groups in total. The normalized spacial score (nSPS) is 19.2. The number of hydrogen-bond donors (Lipinski definition) is 1. The number of nitrogens with zero attached hydrogens (tertiary/aromatic N) is 1. The molecule has 0 bridgehead atoms. The van der Waals surface area contributed by atoms with E-state index in [0.717, 1.165) is 16.7 Å². The number of ether oxygens (including phenoxy) is 2. The number of β-lactam (4-membered cyclic amide) rings is 1. The molecule has 1 aromatic rings. The summed E-state index contributed by atoms with van der Waals surface area (Å²) in [5.74, 6) is -1.49. The van der Waals surface area contributed by atoms with Gasteiger partial charge in [0.2, 0.25) is 5.50 Å². The van der Waals surface area contributed by atoms with E-state index < -0.39 is 34.7 Å². The molecule has 1 aromatic carbocycles. The minimum Gasteiger partial charge on any atom is -0.484 e. The van der Waals surface area contributed by atoms with Crippen LogP contribution >= 0.6 is 23.4 Å².